The fraction of sp³-hybridized carbons (Fsp3) is 0.917. The molecule has 2 fully saturated rings. The highest BCUT2D eigenvalue weighted by atomic mass is 127. The summed E-state index contributed by atoms with van der Waals surface area (Å²) in [6, 6.07) is 0.303. The minimum atomic E-state index is -5.23. The first-order valence-electron chi connectivity index (χ1n) is 7.21. The molecule has 2 unspecified atom stereocenters. The minimum absolute atomic E-state index is 0. The highest BCUT2D eigenvalue weighted by molar-refractivity contribution is 14.0. The summed E-state index contributed by atoms with van der Waals surface area (Å²) in [7, 11) is -3.58. The van der Waals surface area contributed by atoms with Gasteiger partial charge in [-0.15, -0.1) is 24.0 Å². The summed E-state index contributed by atoms with van der Waals surface area (Å²) in [5, 5.41) is 6.37. The van der Waals surface area contributed by atoms with Crippen LogP contribution >= 0.6 is 24.0 Å². The van der Waals surface area contributed by atoms with Crippen molar-refractivity contribution in [2.45, 2.75) is 43.8 Å². The number of alkyl halides is 3. The largest absolute Gasteiger partial charge is 0.511 e. The van der Waals surface area contributed by atoms with Crippen LogP contribution in [0.25, 0.3) is 0 Å². The van der Waals surface area contributed by atoms with Gasteiger partial charge in [-0.25, -0.2) is 8.42 Å². The third-order valence-corrected chi connectivity index (χ3v) is 5.71. The van der Waals surface area contributed by atoms with Crippen molar-refractivity contribution < 1.29 is 21.6 Å². The molecule has 1 saturated carbocycles. The van der Waals surface area contributed by atoms with E-state index in [9.17, 15) is 21.6 Å². The Morgan fingerprint density at radius 1 is 1.22 bits per heavy atom. The van der Waals surface area contributed by atoms with Crippen molar-refractivity contribution in [1.82, 2.24) is 14.9 Å². The SMILES string of the molecule is CN=C(NC1CCN(S(=O)(=O)C(F)(F)F)CC1)NC1CC1C.I. The fourth-order valence-electron chi connectivity index (χ4n) is 2.45. The lowest BCUT2D eigenvalue weighted by molar-refractivity contribution is -0.0494. The van der Waals surface area contributed by atoms with E-state index in [4.69, 9.17) is 0 Å². The normalized spacial score (nSPS) is 27.3. The van der Waals surface area contributed by atoms with Gasteiger partial charge in [-0.3, -0.25) is 4.99 Å². The molecular weight excluding hydrogens is 448 g/mol. The number of nitrogens with one attached hydrogen (secondary N) is 2. The van der Waals surface area contributed by atoms with Crippen LogP contribution in [-0.2, 0) is 10.0 Å². The first-order valence-corrected chi connectivity index (χ1v) is 8.65. The van der Waals surface area contributed by atoms with Crippen LogP contribution in [0.3, 0.4) is 0 Å². The highest BCUT2D eigenvalue weighted by Gasteiger charge is 2.50. The number of rotatable bonds is 3. The van der Waals surface area contributed by atoms with Crippen LogP contribution < -0.4 is 10.6 Å². The second-order valence-corrected chi connectivity index (χ2v) is 7.73. The topological polar surface area (TPSA) is 73.8 Å². The molecule has 23 heavy (non-hydrogen) atoms. The summed E-state index contributed by atoms with van der Waals surface area (Å²) in [5.41, 5.74) is -5.23. The molecule has 6 nitrogen and oxygen atoms in total. The monoisotopic (exact) mass is 470 g/mol. The maximum Gasteiger partial charge on any atom is 0.511 e. The Morgan fingerprint density at radius 3 is 2.13 bits per heavy atom. The molecule has 2 aliphatic rings. The summed E-state index contributed by atoms with van der Waals surface area (Å²) in [4.78, 5) is 4.09. The number of hydrogen-bond donors (Lipinski definition) is 2. The average Bonchev–Trinajstić information content (AvgIpc) is 3.12. The number of halogens is 4. The molecule has 0 amide bonds. The number of piperidine rings is 1. The van der Waals surface area contributed by atoms with E-state index >= 15 is 0 Å². The first-order chi connectivity index (χ1) is 10.1. The summed E-state index contributed by atoms with van der Waals surface area (Å²) in [6.07, 6.45) is 1.70. The average molecular weight is 470 g/mol. The molecule has 2 N–H and O–H groups in total. The number of nitrogens with zero attached hydrogens (tertiary/aromatic N) is 2. The number of guanidine groups is 1. The summed E-state index contributed by atoms with van der Waals surface area (Å²) >= 11 is 0. The maximum atomic E-state index is 12.5. The Labute approximate surface area is 151 Å². The standard InChI is InChI=1S/C12H21F3N4O2S.HI/c1-8-7-10(8)18-11(16-2)17-9-3-5-19(6-4-9)22(20,21)12(13,14)15;/h8-10H,3-7H2,1-2H3,(H2,16,17,18);1H. The van der Waals surface area contributed by atoms with Gasteiger partial charge in [-0.2, -0.15) is 17.5 Å². The molecule has 2 rings (SSSR count). The summed E-state index contributed by atoms with van der Waals surface area (Å²) in [5.74, 6) is 1.21. The van der Waals surface area contributed by atoms with Crippen LogP contribution in [0.5, 0.6) is 0 Å². The second kappa shape index (κ2) is 7.72. The fourth-order valence-corrected chi connectivity index (χ4v) is 3.43. The maximum absolute atomic E-state index is 12.5. The van der Waals surface area contributed by atoms with E-state index in [2.05, 4.69) is 22.5 Å². The molecule has 0 aromatic heterocycles. The second-order valence-electron chi connectivity index (χ2n) is 5.80. The van der Waals surface area contributed by atoms with Crippen LogP contribution in [-0.4, -0.2) is 56.4 Å². The smallest absolute Gasteiger partial charge is 0.354 e. The molecule has 0 radical (unpaired) electrons. The van der Waals surface area contributed by atoms with Crippen LogP contribution in [0, 0.1) is 5.92 Å². The molecular formula is C12H22F3IN4O2S. The Hall–Kier alpha value is -0.300. The van der Waals surface area contributed by atoms with E-state index < -0.39 is 15.5 Å². The van der Waals surface area contributed by atoms with Gasteiger partial charge >= 0.3 is 15.5 Å². The predicted molar refractivity (Wildman–Crippen MR) is 92.2 cm³/mol. The van der Waals surface area contributed by atoms with Crippen LogP contribution in [0.2, 0.25) is 0 Å². The molecule has 136 valence electrons. The van der Waals surface area contributed by atoms with Gasteiger partial charge in [0.2, 0.25) is 0 Å². The number of aliphatic imine (C=N–C) groups is 1. The van der Waals surface area contributed by atoms with Gasteiger partial charge in [0.1, 0.15) is 0 Å². The third kappa shape index (κ3) is 5.08. The van der Waals surface area contributed by atoms with Crippen LogP contribution in [0.4, 0.5) is 13.2 Å². The molecule has 0 bridgehead atoms. The first kappa shape index (κ1) is 20.7. The van der Waals surface area contributed by atoms with Crippen molar-refractivity contribution in [1.29, 1.82) is 0 Å². The predicted octanol–water partition coefficient (Wildman–Crippen LogP) is 1.49. The van der Waals surface area contributed by atoms with Crippen molar-refractivity contribution in [2.24, 2.45) is 10.9 Å². The molecule has 0 spiro atoms. The van der Waals surface area contributed by atoms with Gasteiger partial charge in [0.05, 0.1) is 0 Å². The Bertz CT molecular complexity index is 533. The molecule has 1 aliphatic carbocycles. The van der Waals surface area contributed by atoms with Gasteiger partial charge in [0.25, 0.3) is 0 Å². The van der Waals surface area contributed by atoms with Gasteiger partial charge in [0, 0.05) is 32.2 Å². The third-order valence-electron chi connectivity index (χ3n) is 4.08. The van der Waals surface area contributed by atoms with Gasteiger partial charge in [-0.1, -0.05) is 6.92 Å². The molecule has 11 heteroatoms. The van der Waals surface area contributed by atoms with E-state index in [-0.39, 0.29) is 43.1 Å². The minimum Gasteiger partial charge on any atom is -0.354 e. The van der Waals surface area contributed by atoms with E-state index in [1.807, 2.05) is 0 Å². The van der Waals surface area contributed by atoms with Crippen molar-refractivity contribution in [2.75, 3.05) is 20.1 Å². The molecule has 1 saturated heterocycles. The van der Waals surface area contributed by atoms with E-state index in [1.54, 1.807) is 7.05 Å². The van der Waals surface area contributed by atoms with Crippen LogP contribution in [0.15, 0.2) is 4.99 Å². The van der Waals surface area contributed by atoms with Gasteiger partial charge in [0.15, 0.2) is 5.96 Å². The van der Waals surface area contributed by atoms with Crippen molar-refractivity contribution in [3.8, 4) is 0 Å². The van der Waals surface area contributed by atoms with E-state index in [0.29, 0.717) is 35.1 Å². The lowest BCUT2D eigenvalue weighted by Crippen LogP contribution is -2.52. The Balaban J connectivity index is 0.00000264. The van der Waals surface area contributed by atoms with Crippen molar-refractivity contribution in [3.63, 3.8) is 0 Å². The Morgan fingerprint density at radius 2 is 1.74 bits per heavy atom. The van der Waals surface area contributed by atoms with Crippen LogP contribution in [0.1, 0.15) is 26.2 Å². The van der Waals surface area contributed by atoms with Gasteiger partial charge < -0.3 is 10.6 Å². The van der Waals surface area contributed by atoms with Gasteiger partial charge in [-0.05, 0) is 25.2 Å². The van der Waals surface area contributed by atoms with E-state index in [1.165, 1.54) is 0 Å². The summed E-state index contributed by atoms with van der Waals surface area (Å²) < 4.78 is 60.6. The molecule has 0 aromatic rings. The zero-order valence-electron chi connectivity index (χ0n) is 12.9. The molecule has 1 aliphatic heterocycles. The van der Waals surface area contributed by atoms with E-state index in [0.717, 1.165) is 6.42 Å². The molecule has 1 heterocycles. The number of hydrogen-bond acceptors (Lipinski definition) is 3. The quantitative estimate of drug-likeness (QED) is 0.373. The highest BCUT2D eigenvalue weighted by Crippen LogP contribution is 2.30. The van der Waals surface area contributed by atoms with Crippen molar-refractivity contribution >= 4 is 40.0 Å². The zero-order chi connectivity index (χ0) is 16.5. The Kier molecular flexibility index (Phi) is 6.96. The molecule has 2 atom stereocenters. The number of sulfonamides is 1. The lowest BCUT2D eigenvalue weighted by Gasteiger charge is -2.32. The zero-order valence-corrected chi connectivity index (χ0v) is 16.1. The summed E-state index contributed by atoms with van der Waals surface area (Å²) in [6.45, 7) is 1.83. The lowest BCUT2D eigenvalue weighted by atomic mass is 10.1. The molecule has 0 aromatic carbocycles. The van der Waals surface area contributed by atoms with Crippen molar-refractivity contribution in [3.05, 3.63) is 0 Å².